The van der Waals surface area contributed by atoms with Gasteiger partial charge in [0.25, 0.3) is 0 Å². The molecule has 4 rings (SSSR count). The molecule has 0 aliphatic carbocycles. The minimum atomic E-state index is -0.258. The van der Waals surface area contributed by atoms with E-state index in [9.17, 15) is 4.79 Å². The Bertz CT molecular complexity index is 979. The molecule has 0 bridgehead atoms. The molecule has 6 nitrogen and oxygen atoms in total. The third-order valence-electron chi connectivity index (χ3n) is 5.32. The summed E-state index contributed by atoms with van der Waals surface area (Å²) in [6, 6.07) is 12.2. The van der Waals surface area contributed by atoms with Crippen molar-refractivity contribution < 1.29 is 4.79 Å². The predicted octanol–water partition coefficient (Wildman–Crippen LogP) is 3.52. The summed E-state index contributed by atoms with van der Waals surface area (Å²) in [5.74, 6) is -0.00738. The zero-order chi connectivity index (χ0) is 19.7. The molecule has 1 atom stereocenters. The summed E-state index contributed by atoms with van der Waals surface area (Å²) in [7, 11) is 1.75. The Morgan fingerprint density at radius 3 is 2.93 bits per heavy atom. The fourth-order valence-corrected chi connectivity index (χ4v) is 3.92. The number of hydrogen-bond donors (Lipinski definition) is 3. The number of nitrogens with two attached hydrogens (primary N) is 1. The lowest BCUT2D eigenvalue weighted by Crippen LogP contribution is -2.37. The molecule has 4 N–H and O–H groups in total. The average Bonchev–Trinajstić information content (AvgIpc) is 2.71. The lowest BCUT2D eigenvalue weighted by atomic mass is 9.95. The molecule has 2 aromatic rings. The Hall–Kier alpha value is -3.28. The number of aryl methyl sites for hydroxylation is 1. The summed E-state index contributed by atoms with van der Waals surface area (Å²) in [4.78, 5) is 18.4. The maximum atomic E-state index is 12.0. The summed E-state index contributed by atoms with van der Waals surface area (Å²) >= 11 is 0. The Morgan fingerprint density at radius 2 is 2.14 bits per heavy atom. The van der Waals surface area contributed by atoms with E-state index in [1.165, 1.54) is 11.3 Å². The Balaban J connectivity index is 1.76. The smallest absolute Gasteiger partial charge is 0.246 e. The molecule has 0 aromatic heterocycles. The van der Waals surface area contributed by atoms with Crippen molar-refractivity contribution in [1.29, 1.82) is 0 Å². The number of allylic oxidation sites excluding steroid dienone is 1. The van der Waals surface area contributed by atoms with Crippen molar-refractivity contribution >= 4 is 40.4 Å². The average molecular weight is 375 g/mol. The van der Waals surface area contributed by atoms with Gasteiger partial charge in [0.2, 0.25) is 5.91 Å². The number of rotatable bonds is 3. The van der Waals surface area contributed by atoms with Gasteiger partial charge in [-0.1, -0.05) is 12.1 Å². The number of nitrogens with one attached hydrogen (secondary N) is 2. The van der Waals surface area contributed by atoms with Crippen LogP contribution in [0.3, 0.4) is 0 Å². The maximum Gasteiger partial charge on any atom is 0.246 e. The normalized spacial score (nSPS) is 19.1. The quantitative estimate of drug-likeness (QED) is 0.717. The van der Waals surface area contributed by atoms with Crippen molar-refractivity contribution in [2.24, 2.45) is 10.7 Å². The van der Waals surface area contributed by atoms with Crippen LogP contribution in [0.2, 0.25) is 0 Å². The van der Waals surface area contributed by atoms with Gasteiger partial charge < -0.3 is 21.3 Å². The SMILES string of the molecule is CN=C/C(=C\N)c1ccc2c(c1)CCCN2c1cccc2c1N[C@H](C)C(=O)N2. The molecule has 0 spiro atoms. The molecule has 6 heteroatoms. The first-order valence-corrected chi connectivity index (χ1v) is 9.57. The number of aliphatic imine (C=N–C) groups is 1. The van der Waals surface area contributed by atoms with Crippen LogP contribution in [0, 0.1) is 0 Å². The second-order valence-corrected chi connectivity index (χ2v) is 7.16. The number of fused-ring (bicyclic) bond motifs is 2. The summed E-state index contributed by atoms with van der Waals surface area (Å²) in [5.41, 5.74) is 13.1. The monoisotopic (exact) mass is 375 g/mol. The highest BCUT2D eigenvalue weighted by Crippen LogP contribution is 2.42. The van der Waals surface area contributed by atoms with Crippen LogP contribution >= 0.6 is 0 Å². The van der Waals surface area contributed by atoms with E-state index < -0.39 is 0 Å². The van der Waals surface area contributed by atoms with E-state index in [4.69, 9.17) is 5.73 Å². The van der Waals surface area contributed by atoms with E-state index in [-0.39, 0.29) is 11.9 Å². The van der Waals surface area contributed by atoms with Crippen molar-refractivity contribution in [3.05, 3.63) is 53.7 Å². The van der Waals surface area contributed by atoms with Gasteiger partial charge in [0.15, 0.2) is 0 Å². The van der Waals surface area contributed by atoms with Gasteiger partial charge in [-0.05, 0) is 55.2 Å². The van der Waals surface area contributed by atoms with Crippen LogP contribution in [0.5, 0.6) is 0 Å². The Kier molecular flexibility index (Phi) is 4.77. The highest BCUT2D eigenvalue weighted by molar-refractivity contribution is 6.10. The van der Waals surface area contributed by atoms with Gasteiger partial charge in [-0.2, -0.15) is 0 Å². The first-order valence-electron chi connectivity index (χ1n) is 9.57. The molecule has 0 radical (unpaired) electrons. The van der Waals surface area contributed by atoms with Gasteiger partial charge in [0.1, 0.15) is 6.04 Å². The van der Waals surface area contributed by atoms with Crippen molar-refractivity contribution in [3.63, 3.8) is 0 Å². The van der Waals surface area contributed by atoms with Gasteiger partial charge in [-0.3, -0.25) is 9.79 Å². The maximum absolute atomic E-state index is 12.0. The van der Waals surface area contributed by atoms with Gasteiger partial charge >= 0.3 is 0 Å². The number of carbonyl (C=O) groups excluding carboxylic acids is 1. The van der Waals surface area contributed by atoms with Gasteiger partial charge in [0, 0.05) is 37.3 Å². The van der Waals surface area contributed by atoms with E-state index in [2.05, 4.69) is 44.8 Å². The summed E-state index contributed by atoms with van der Waals surface area (Å²) in [6.45, 7) is 2.81. The van der Waals surface area contributed by atoms with Crippen molar-refractivity contribution in [3.8, 4) is 0 Å². The number of amides is 1. The minimum absolute atomic E-state index is 0.00738. The van der Waals surface area contributed by atoms with Crippen LogP contribution in [-0.2, 0) is 11.2 Å². The van der Waals surface area contributed by atoms with E-state index >= 15 is 0 Å². The van der Waals surface area contributed by atoms with Crippen molar-refractivity contribution in [2.45, 2.75) is 25.8 Å². The predicted molar refractivity (Wildman–Crippen MR) is 117 cm³/mol. The standard InChI is InChI=1S/C22H25N5O/c1-14-22(28)26-18-6-3-7-20(21(18)25-14)27-10-4-5-16-11-15(8-9-19(16)27)17(12-23)13-24-2/h3,6-9,11-14,25H,4-5,10,23H2,1-2H3,(H,26,28)/b17-12+,24-13?/t14-/m1/s1. The summed E-state index contributed by atoms with van der Waals surface area (Å²) in [5, 5.41) is 6.36. The van der Waals surface area contributed by atoms with Crippen LogP contribution in [0.15, 0.2) is 47.6 Å². The van der Waals surface area contributed by atoms with Crippen molar-refractivity contribution in [2.75, 3.05) is 29.1 Å². The Morgan fingerprint density at radius 1 is 1.29 bits per heavy atom. The van der Waals surface area contributed by atoms with Gasteiger partial charge in [-0.25, -0.2) is 0 Å². The van der Waals surface area contributed by atoms with E-state index in [1.54, 1.807) is 19.5 Å². The van der Waals surface area contributed by atoms with E-state index in [0.29, 0.717) is 0 Å². The fourth-order valence-electron chi connectivity index (χ4n) is 3.92. The number of benzene rings is 2. The first-order chi connectivity index (χ1) is 13.6. The molecular formula is C22H25N5O. The molecule has 0 unspecified atom stereocenters. The largest absolute Gasteiger partial charge is 0.404 e. The molecule has 2 heterocycles. The molecule has 2 aliphatic heterocycles. The lowest BCUT2D eigenvalue weighted by molar-refractivity contribution is -0.116. The number of para-hydroxylation sites is 1. The topological polar surface area (TPSA) is 82.8 Å². The number of anilines is 4. The van der Waals surface area contributed by atoms with Gasteiger partial charge in [-0.15, -0.1) is 0 Å². The van der Waals surface area contributed by atoms with Gasteiger partial charge in [0.05, 0.1) is 17.1 Å². The summed E-state index contributed by atoms with van der Waals surface area (Å²) < 4.78 is 0. The second-order valence-electron chi connectivity index (χ2n) is 7.16. The minimum Gasteiger partial charge on any atom is -0.404 e. The van der Waals surface area contributed by atoms with Crippen LogP contribution in [-0.4, -0.2) is 31.8 Å². The number of carbonyl (C=O) groups is 1. The van der Waals surface area contributed by atoms with E-state index in [0.717, 1.165) is 47.6 Å². The molecule has 2 aromatic carbocycles. The van der Waals surface area contributed by atoms with Crippen LogP contribution in [0.4, 0.5) is 22.7 Å². The second kappa shape index (κ2) is 7.38. The molecule has 28 heavy (non-hydrogen) atoms. The highest BCUT2D eigenvalue weighted by Gasteiger charge is 2.27. The number of hydrogen-bond acceptors (Lipinski definition) is 5. The molecule has 144 valence electrons. The Labute approximate surface area is 165 Å². The zero-order valence-electron chi connectivity index (χ0n) is 16.2. The van der Waals surface area contributed by atoms with E-state index in [1.807, 2.05) is 19.1 Å². The molecule has 0 saturated heterocycles. The summed E-state index contributed by atoms with van der Waals surface area (Å²) in [6.07, 6.45) is 5.46. The zero-order valence-corrected chi connectivity index (χ0v) is 16.2. The molecule has 0 fully saturated rings. The van der Waals surface area contributed by atoms with Crippen LogP contribution in [0.1, 0.15) is 24.5 Å². The molecule has 0 saturated carbocycles. The third kappa shape index (κ3) is 3.11. The van der Waals surface area contributed by atoms with Crippen molar-refractivity contribution in [1.82, 2.24) is 0 Å². The molecular weight excluding hydrogens is 350 g/mol. The molecule has 2 aliphatic rings. The van der Waals surface area contributed by atoms with Crippen LogP contribution < -0.4 is 21.3 Å². The lowest BCUT2D eigenvalue weighted by Gasteiger charge is -2.35. The third-order valence-corrected chi connectivity index (χ3v) is 5.32. The first kappa shape index (κ1) is 18.1. The fraction of sp³-hybridized carbons (Fsp3) is 0.273. The number of nitrogens with zero attached hydrogens (tertiary/aromatic N) is 2. The van der Waals surface area contributed by atoms with Crippen LogP contribution in [0.25, 0.3) is 5.57 Å². The molecule has 1 amide bonds. The highest BCUT2D eigenvalue weighted by atomic mass is 16.2.